The van der Waals surface area contributed by atoms with Gasteiger partial charge in [0.25, 0.3) is 0 Å². The number of nitrogens with zero attached hydrogens (tertiary/aromatic N) is 4. The largest absolute Gasteiger partial charge is 0.493 e. The molecule has 7 nitrogen and oxygen atoms in total. The Balaban J connectivity index is 1.66. The van der Waals surface area contributed by atoms with Crippen molar-refractivity contribution in [1.29, 1.82) is 0 Å². The highest BCUT2D eigenvalue weighted by Crippen LogP contribution is 2.31. The second-order valence-electron chi connectivity index (χ2n) is 8.37. The van der Waals surface area contributed by atoms with Gasteiger partial charge in [0.2, 0.25) is 0 Å². The Bertz CT molecular complexity index is 840. The smallest absolute Gasteiger partial charge is 0.191 e. The molecule has 0 aliphatic heterocycles. The van der Waals surface area contributed by atoms with E-state index >= 15 is 0 Å². The van der Waals surface area contributed by atoms with Gasteiger partial charge in [-0.25, -0.2) is 4.99 Å². The normalized spacial score (nSPS) is 15.3. The number of aromatic nitrogens is 2. The van der Waals surface area contributed by atoms with E-state index in [0.717, 1.165) is 42.9 Å². The first kappa shape index (κ1) is 22.2. The SMILES string of the molecule is CCNC(=NCc1ccc(C)cc1OCC1CC1)NCC(c1cnn(C)c1)N(C)C. The van der Waals surface area contributed by atoms with Gasteiger partial charge in [-0.05, 0) is 58.3 Å². The minimum Gasteiger partial charge on any atom is -0.493 e. The molecule has 1 saturated carbocycles. The van der Waals surface area contributed by atoms with Crippen molar-refractivity contribution in [1.82, 2.24) is 25.3 Å². The van der Waals surface area contributed by atoms with Crippen LogP contribution in [0.3, 0.4) is 0 Å². The zero-order valence-electron chi connectivity index (χ0n) is 19.0. The van der Waals surface area contributed by atoms with Gasteiger partial charge < -0.3 is 20.3 Å². The number of nitrogens with one attached hydrogen (secondary N) is 2. The number of aryl methyl sites for hydroxylation is 2. The third-order valence-electron chi connectivity index (χ3n) is 5.34. The first-order valence-electron chi connectivity index (χ1n) is 10.9. The lowest BCUT2D eigenvalue weighted by Crippen LogP contribution is -2.41. The van der Waals surface area contributed by atoms with Crippen LogP contribution in [0.2, 0.25) is 0 Å². The Morgan fingerprint density at radius 2 is 2.13 bits per heavy atom. The van der Waals surface area contributed by atoms with E-state index in [4.69, 9.17) is 9.73 Å². The zero-order valence-corrected chi connectivity index (χ0v) is 19.0. The number of ether oxygens (including phenoxy) is 1. The van der Waals surface area contributed by atoms with Crippen LogP contribution in [-0.4, -0.2) is 54.4 Å². The molecule has 3 rings (SSSR count). The second-order valence-corrected chi connectivity index (χ2v) is 8.37. The van der Waals surface area contributed by atoms with Crippen LogP contribution in [0.5, 0.6) is 5.75 Å². The van der Waals surface area contributed by atoms with Crippen molar-refractivity contribution in [2.75, 3.05) is 33.8 Å². The fourth-order valence-electron chi connectivity index (χ4n) is 3.33. The predicted molar refractivity (Wildman–Crippen MR) is 122 cm³/mol. The highest BCUT2D eigenvalue weighted by atomic mass is 16.5. The Morgan fingerprint density at radius 3 is 2.77 bits per heavy atom. The van der Waals surface area contributed by atoms with Crippen molar-refractivity contribution in [2.45, 2.75) is 39.3 Å². The van der Waals surface area contributed by atoms with Crippen molar-refractivity contribution in [3.05, 3.63) is 47.3 Å². The first-order chi connectivity index (χ1) is 14.5. The minimum absolute atomic E-state index is 0.208. The summed E-state index contributed by atoms with van der Waals surface area (Å²) in [5.74, 6) is 2.50. The molecule has 0 bridgehead atoms. The molecule has 2 N–H and O–H groups in total. The van der Waals surface area contributed by atoms with Crippen LogP contribution < -0.4 is 15.4 Å². The zero-order chi connectivity index (χ0) is 21.5. The van der Waals surface area contributed by atoms with E-state index in [-0.39, 0.29) is 6.04 Å². The molecule has 0 radical (unpaired) electrons. The molecule has 7 heteroatoms. The number of hydrogen-bond donors (Lipinski definition) is 2. The highest BCUT2D eigenvalue weighted by molar-refractivity contribution is 5.79. The summed E-state index contributed by atoms with van der Waals surface area (Å²) < 4.78 is 7.94. The highest BCUT2D eigenvalue weighted by Gasteiger charge is 2.22. The van der Waals surface area contributed by atoms with Crippen molar-refractivity contribution < 1.29 is 4.74 Å². The van der Waals surface area contributed by atoms with Crippen LogP contribution in [-0.2, 0) is 13.6 Å². The molecule has 30 heavy (non-hydrogen) atoms. The molecule has 1 aromatic carbocycles. The number of guanidine groups is 1. The molecule has 1 aromatic heterocycles. The second kappa shape index (κ2) is 10.5. The Hall–Kier alpha value is -2.54. The van der Waals surface area contributed by atoms with Crippen LogP contribution >= 0.6 is 0 Å². The summed E-state index contributed by atoms with van der Waals surface area (Å²) >= 11 is 0. The summed E-state index contributed by atoms with van der Waals surface area (Å²) in [6.07, 6.45) is 6.56. The van der Waals surface area contributed by atoms with Crippen LogP contribution in [0.1, 0.15) is 42.5 Å². The third kappa shape index (κ3) is 6.49. The lowest BCUT2D eigenvalue weighted by atomic mass is 10.1. The lowest BCUT2D eigenvalue weighted by Gasteiger charge is -2.24. The van der Waals surface area contributed by atoms with E-state index in [0.29, 0.717) is 6.54 Å². The van der Waals surface area contributed by atoms with Gasteiger partial charge in [0.15, 0.2) is 5.96 Å². The number of benzene rings is 1. The Labute approximate surface area is 180 Å². The maximum atomic E-state index is 6.10. The van der Waals surface area contributed by atoms with E-state index in [1.54, 1.807) is 0 Å². The van der Waals surface area contributed by atoms with E-state index in [1.165, 1.54) is 24.0 Å². The molecule has 1 unspecified atom stereocenters. The number of aliphatic imine (C=N–C) groups is 1. The maximum absolute atomic E-state index is 6.10. The molecular formula is C23H36N6O. The van der Waals surface area contributed by atoms with Crippen molar-refractivity contribution >= 4 is 5.96 Å². The molecule has 1 fully saturated rings. The van der Waals surface area contributed by atoms with Gasteiger partial charge in [-0.2, -0.15) is 5.10 Å². The van der Waals surface area contributed by atoms with E-state index in [1.807, 2.05) is 17.9 Å². The summed E-state index contributed by atoms with van der Waals surface area (Å²) in [7, 11) is 6.11. The summed E-state index contributed by atoms with van der Waals surface area (Å²) in [5.41, 5.74) is 3.51. The van der Waals surface area contributed by atoms with Crippen molar-refractivity contribution in [2.24, 2.45) is 18.0 Å². The molecule has 0 saturated heterocycles. The average Bonchev–Trinajstić information content (AvgIpc) is 3.44. The number of likely N-dealkylation sites (N-methyl/N-ethyl adjacent to an activating group) is 1. The molecule has 1 heterocycles. The Morgan fingerprint density at radius 1 is 1.33 bits per heavy atom. The predicted octanol–water partition coefficient (Wildman–Crippen LogP) is 2.88. The molecule has 1 aliphatic rings. The molecule has 0 amide bonds. The fourth-order valence-corrected chi connectivity index (χ4v) is 3.33. The summed E-state index contributed by atoms with van der Waals surface area (Å²) in [5, 5.41) is 11.2. The van der Waals surface area contributed by atoms with Gasteiger partial charge in [-0.3, -0.25) is 4.68 Å². The summed E-state index contributed by atoms with van der Waals surface area (Å²) in [6.45, 7) is 7.12. The molecule has 2 aromatic rings. The minimum atomic E-state index is 0.208. The lowest BCUT2D eigenvalue weighted by molar-refractivity contribution is 0.296. The monoisotopic (exact) mass is 412 g/mol. The van der Waals surface area contributed by atoms with Gasteiger partial charge in [-0.1, -0.05) is 12.1 Å². The van der Waals surface area contributed by atoms with Crippen molar-refractivity contribution in [3.63, 3.8) is 0 Å². The quantitative estimate of drug-likeness (QED) is 0.464. The molecular weight excluding hydrogens is 376 g/mol. The van der Waals surface area contributed by atoms with E-state index < -0.39 is 0 Å². The van der Waals surface area contributed by atoms with E-state index in [9.17, 15) is 0 Å². The Kier molecular flexibility index (Phi) is 7.74. The van der Waals surface area contributed by atoms with Crippen LogP contribution in [0.15, 0.2) is 35.6 Å². The fraction of sp³-hybridized carbons (Fsp3) is 0.565. The number of hydrogen-bond acceptors (Lipinski definition) is 4. The average molecular weight is 413 g/mol. The molecule has 1 atom stereocenters. The van der Waals surface area contributed by atoms with Gasteiger partial charge in [0.05, 0.1) is 25.4 Å². The summed E-state index contributed by atoms with van der Waals surface area (Å²) in [6, 6.07) is 6.58. The van der Waals surface area contributed by atoms with Gasteiger partial charge in [0, 0.05) is 37.5 Å². The summed E-state index contributed by atoms with van der Waals surface area (Å²) in [4.78, 5) is 7.01. The van der Waals surface area contributed by atoms with Crippen LogP contribution in [0, 0.1) is 12.8 Å². The van der Waals surface area contributed by atoms with Gasteiger partial charge in [-0.15, -0.1) is 0 Å². The van der Waals surface area contributed by atoms with E-state index in [2.05, 4.69) is 73.0 Å². The van der Waals surface area contributed by atoms with Crippen molar-refractivity contribution in [3.8, 4) is 5.75 Å². The standard InChI is InChI=1S/C23H36N6O/c1-6-24-23(26-14-21(28(3)4)20-13-27-29(5)15-20)25-12-19-10-7-17(2)11-22(19)30-16-18-8-9-18/h7,10-11,13,15,18,21H,6,8-9,12,14,16H2,1-5H3,(H2,24,25,26). The molecule has 0 spiro atoms. The van der Waals surface area contributed by atoms with Crippen LogP contribution in [0.4, 0.5) is 0 Å². The van der Waals surface area contributed by atoms with Gasteiger partial charge in [0.1, 0.15) is 5.75 Å². The van der Waals surface area contributed by atoms with Crippen LogP contribution in [0.25, 0.3) is 0 Å². The molecule has 164 valence electrons. The first-order valence-corrected chi connectivity index (χ1v) is 10.9. The molecule has 1 aliphatic carbocycles. The third-order valence-corrected chi connectivity index (χ3v) is 5.34. The topological polar surface area (TPSA) is 66.7 Å². The van der Waals surface area contributed by atoms with Gasteiger partial charge >= 0.3 is 0 Å². The number of rotatable bonds is 10. The maximum Gasteiger partial charge on any atom is 0.191 e.